The molecule has 1 aliphatic heterocycles. The average molecular weight is 294 g/mol. The summed E-state index contributed by atoms with van der Waals surface area (Å²) in [5.74, 6) is -1.30. The lowest BCUT2D eigenvalue weighted by Crippen LogP contribution is -2.35. The van der Waals surface area contributed by atoms with E-state index in [1.807, 2.05) is 0 Å². The number of aromatic carboxylic acids is 1. The number of carboxylic acid groups (broad SMARTS) is 1. The minimum absolute atomic E-state index is 0.208. The van der Waals surface area contributed by atoms with Crippen molar-refractivity contribution in [3.05, 3.63) is 23.8 Å². The molecule has 2 amide bonds. The van der Waals surface area contributed by atoms with Crippen molar-refractivity contribution >= 4 is 17.7 Å². The van der Waals surface area contributed by atoms with Gasteiger partial charge in [0.05, 0.1) is 6.61 Å². The number of hydrogen-bond donors (Lipinski definition) is 4. The minimum Gasteiger partial charge on any atom is -0.507 e. The van der Waals surface area contributed by atoms with Crippen molar-refractivity contribution in [2.45, 2.75) is 12.8 Å². The summed E-state index contributed by atoms with van der Waals surface area (Å²) >= 11 is 0. The Hall–Kier alpha value is -2.28. The molecule has 1 atom stereocenters. The van der Waals surface area contributed by atoms with E-state index in [9.17, 15) is 14.7 Å². The number of nitrogens with one attached hydrogen (secondary N) is 2. The first-order valence-electron chi connectivity index (χ1n) is 6.75. The summed E-state index contributed by atoms with van der Waals surface area (Å²) < 4.78 is 5.32. The average Bonchev–Trinajstić information content (AvgIpc) is 2.46. The molecule has 0 radical (unpaired) electrons. The Kier molecular flexibility index (Phi) is 4.99. The van der Waals surface area contributed by atoms with E-state index < -0.39 is 12.0 Å². The van der Waals surface area contributed by atoms with E-state index in [1.165, 1.54) is 18.2 Å². The lowest BCUT2D eigenvalue weighted by molar-refractivity contribution is 0.0559. The van der Waals surface area contributed by atoms with Gasteiger partial charge in [0.15, 0.2) is 0 Å². The molecule has 0 bridgehead atoms. The number of phenols is 1. The van der Waals surface area contributed by atoms with Crippen LogP contribution in [0.3, 0.4) is 0 Å². The zero-order chi connectivity index (χ0) is 15.2. The summed E-state index contributed by atoms with van der Waals surface area (Å²) in [6.45, 7) is 1.94. The van der Waals surface area contributed by atoms with Gasteiger partial charge in [-0.25, -0.2) is 9.59 Å². The molecule has 1 aliphatic rings. The molecule has 1 saturated heterocycles. The van der Waals surface area contributed by atoms with Crippen molar-refractivity contribution in [3.8, 4) is 5.75 Å². The standard InChI is InChI=1S/C14H18N2O5/c17-12-6-10(3-4-11(12)13(18)19)16-14(20)15-7-9-2-1-5-21-8-9/h3-4,6,9,17H,1-2,5,7-8H2,(H,18,19)(H2,15,16,20). The van der Waals surface area contributed by atoms with Crippen LogP contribution in [-0.4, -0.2) is 42.0 Å². The van der Waals surface area contributed by atoms with Crippen LogP contribution >= 0.6 is 0 Å². The van der Waals surface area contributed by atoms with Gasteiger partial charge in [-0.2, -0.15) is 0 Å². The molecule has 1 aromatic carbocycles. The lowest BCUT2D eigenvalue weighted by atomic mass is 10.0. The van der Waals surface area contributed by atoms with Gasteiger partial charge in [0.25, 0.3) is 0 Å². The monoisotopic (exact) mass is 294 g/mol. The molecular formula is C14H18N2O5. The third kappa shape index (κ3) is 4.35. The molecule has 1 fully saturated rings. The second-order valence-corrected chi connectivity index (χ2v) is 4.96. The van der Waals surface area contributed by atoms with E-state index in [4.69, 9.17) is 9.84 Å². The molecule has 2 rings (SSSR count). The summed E-state index contributed by atoms with van der Waals surface area (Å²) in [6.07, 6.45) is 2.02. The molecule has 114 valence electrons. The Bertz CT molecular complexity index is 526. The van der Waals surface area contributed by atoms with Crippen molar-refractivity contribution in [2.75, 3.05) is 25.1 Å². The number of carbonyl (C=O) groups excluding carboxylic acids is 1. The number of carboxylic acids is 1. The molecular weight excluding hydrogens is 276 g/mol. The van der Waals surface area contributed by atoms with Gasteiger partial charge in [-0.3, -0.25) is 0 Å². The maximum atomic E-state index is 11.7. The number of amides is 2. The highest BCUT2D eigenvalue weighted by molar-refractivity contribution is 5.93. The highest BCUT2D eigenvalue weighted by Crippen LogP contribution is 2.21. The Morgan fingerprint density at radius 2 is 2.19 bits per heavy atom. The van der Waals surface area contributed by atoms with E-state index >= 15 is 0 Å². The van der Waals surface area contributed by atoms with Gasteiger partial charge in [0, 0.05) is 24.9 Å². The highest BCUT2D eigenvalue weighted by Gasteiger charge is 2.15. The molecule has 4 N–H and O–H groups in total. The molecule has 0 spiro atoms. The van der Waals surface area contributed by atoms with Gasteiger partial charge in [0.2, 0.25) is 0 Å². The van der Waals surface area contributed by atoms with Gasteiger partial charge in [-0.05, 0) is 30.9 Å². The molecule has 1 unspecified atom stereocenters. The molecule has 1 aromatic rings. The van der Waals surface area contributed by atoms with Gasteiger partial charge >= 0.3 is 12.0 Å². The fraction of sp³-hybridized carbons (Fsp3) is 0.429. The van der Waals surface area contributed by atoms with Crippen LogP contribution in [0.5, 0.6) is 5.75 Å². The first kappa shape index (κ1) is 15.1. The van der Waals surface area contributed by atoms with E-state index in [0.29, 0.717) is 24.8 Å². The first-order chi connectivity index (χ1) is 10.1. The molecule has 1 heterocycles. The summed E-state index contributed by atoms with van der Waals surface area (Å²) in [6, 6.07) is 3.46. The third-order valence-corrected chi connectivity index (χ3v) is 3.29. The van der Waals surface area contributed by atoms with Crippen LogP contribution in [0.2, 0.25) is 0 Å². The van der Waals surface area contributed by atoms with Gasteiger partial charge < -0.3 is 25.6 Å². The van der Waals surface area contributed by atoms with Crippen molar-refractivity contribution in [1.29, 1.82) is 0 Å². The quantitative estimate of drug-likeness (QED) is 0.675. The van der Waals surface area contributed by atoms with E-state index in [0.717, 1.165) is 19.4 Å². The van der Waals surface area contributed by atoms with E-state index in [-0.39, 0.29) is 11.3 Å². The van der Waals surface area contributed by atoms with Crippen LogP contribution in [-0.2, 0) is 4.74 Å². The number of benzene rings is 1. The maximum Gasteiger partial charge on any atom is 0.339 e. The SMILES string of the molecule is O=C(NCC1CCCOC1)Nc1ccc(C(=O)O)c(O)c1. The van der Waals surface area contributed by atoms with Crippen molar-refractivity contribution < 1.29 is 24.5 Å². The lowest BCUT2D eigenvalue weighted by Gasteiger charge is -2.22. The van der Waals surface area contributed by atoms with Gasteiger partial charge in [-0.1, -0.05) is 0 Å². The number of ether oxygens (including phenoxy) is 1. The summed E-state index contributed by atoms with van der Waals surface area (Å²) in [7, 11) is 0. The molecule has 0 aliphatic carbocycles. The number of anilines is 1. The Morgan fingerprint density at radius 3 is 2.81 bits per heavy atom. The maximum absolute atomic E-state index is 11.7. The van der Waals surface area contributed by atoms with E-state index in [2.05, 4.69) is 10.6 Å². The summed E-state index contributed by atoms with van der Waals surface area (Å²) in [5.41, 5.74) is 0.121. The van der Waals surface area contributed by atoms with Crippen molar-refractivity contribution in [1.82, 2.24) is 5.32 Å². The zero-order valence-corrected chi connectivity index (χ0v) is 11.5. The van der Waals surface area contributed by atoms with Crippen molar-refractivity contribution in [3.63, 3.8) is 0 Å². The van der Waals surface area contributed by atoms with Crippen molar-refractivity contribution in [2.24, 2.45) is 5.92 Å². The minimum atomic E-state index is -1.22. The van der Waals surface area contributed by atoms with E-state index in [1.54, 1.807) is 0 Å². The summed E-state index contributed by atoms with van der Waals surface area (Å²) in [4.78, 5) is 22.5. The third-order valence-electron chi connectivity index (χ3n) is 3.29. The highest BCUT2D eigenvalue weighted by atomic mass is 16.5. The smallest absolute Gasteiger partial charge is 0.339 e. The van der Waals surface area contributed by atoms with Crippen LogP contribution in [0, 0.1) is 5.92 Å². The zero-order valence-electron chi connectivity index (χ0n) is 11.5. The Labute approximate surface area is 121 Å². The fourth-order valence-electron chi connectivity index (χ4n) is 2.17. The first-order valence-corrected chi connectivity index (χ1v) is 6.75. The molecule has 0 saturated carbocycles. The molecule has 7 nitrogen and oxygen atoms in total. The molecule has 21 heavy (non-hydrogen) atoms. The van der Waals surface area contributed by atoms with Crippen LogP contribution in [0.1, 0.15) is 23.2 Å². The predicted octanol–water partition coefficient (Wildman–Crippen LogP) is 1.64. The second-order valence-electron chi connectivity index (χ2n) is 4.96. The van der Waals surface area contributed by atoms with Crippen LogP contribution in [0.4, 0.5) is 10.5 Å². The van der Waals surface area contributed by atoms with Crippen LogP contribution in [0.25, 0.3) is 0 Å². The topological polar surface area (TPSA) is 108 Å². The van der Waals surface area contributed by atoms with Gasteiger partial charge in [0.1, 0.15) is 11.3 Å². The predicted molar refractivity (Wildman–Crippen MR) is 75.6 cm³/mol. The Morgan fingerprint density at radius 1 is 1.38 bits per heavy atom. The second kappa shape index (κ2) is 6.94. The molecule has 0 aromatic heterocycles. The summed E-state index contributed by atoms with van der Waals surface area (Å²) in [5, 5.41) is 23.6. The number of urea groups is 1. The number of hydrogen-bond acceptors (Lipinski definition) is 4. The molecule has 7 heteroatoms. The fourth-order valence-corrected chi connectivity index (χ4v) is 2.17. The van der Waals surface area contributed by atoms with Crippen LogP contribution < -0.4 is 10.6 Å². The van der Waals surface area contributed by atoms with Crippen LogP contribution in [0.15, 0.2) is 18.2 Å². The largest absolute Gasteiger partial charge is 0.507 e. The normalized spacial score (nSPS) is 18.0. The Balaban J connectivity index is 1.84. The number of rotatable bonds is 4. The van der Waals surface area contributed by atoms with Gasteiger partial charge in [-0.15, -0.1) is 0 Å². The number of carbonyl (C=O) groups is 2. The number of aromatic hydroxyl groups is 1.